The van der Waals surface area contributed by atoms with Gasteiger partial charge in [0.05, 0.1) is 18.2 Å². The molecular formula is C17H29BrN2O2. The maximum Gasteiger partial charge on any atom is 0.174 e. The van der Waals surface area contributed by atoms with Gasteiger partial charge in [-0.1, -0.05) is 13.8 Å². The zero-order chi connectivity index (χ0) is 16.8. The van der Waals surface area contributed by atoms with Crippen molar-refractivity contribution in [2.24, 2.45) is 5.41 Å². The van der Waals surface area contributed by atoms with Crippen molar-refractivity contribution in [3.8, 4) is 11.5 Å². The van der Waals surface area contributed by atoms with Gasteiger partial charge < -0.3 is 19.7 Å². The molecule has 1 N–H and O–H groups in total. The molecule has 1 rings (SSSR count). The Morgan fingerprint density at radius 1 is 1.27 bits per heavy atom. The van der Waals surface area contributed by atoms with E-state index in [1.807, 2.05) is 13.0 Å². The molecule has 0 atom stereocenters. The number of hydrogen-bond acceptors (Lipinski definition) is 4. The first-order valence-corrected chi connectivity index (χ1v) is 8.43. The zero-order valence-electron chi connectivity index (χ0n) is 14.6. The molecule has 0 unspecified atom stereocenters. The van der Waals surface area contributed by atoms with Crippen LogP contribution in [0.1, 0.15) is 26.3 Å². The highest BCUT2D eigenvalue weighted by molar-refractivity contribution is 9.10. The summed E-state index contributed by atoms with van der Waals surface area (Å²) in [5, 5.41) is 3.54. The molecule has 0 aromatic heterocycles. The molecule has 0 heterocycles. The third-order valence-corrected chi connectivity index (χ3v) is 3.84. The second kappa shape index (κ2) is 8.75. The fourth-order valence-electron chi connectivity index (χ4n) is 2.64. The highest BCUT2D eigenvalue weighted by atomic mass is 79.9. The number of methoxy groups -OCH3 is 1. The Morgan fingerprint density at radius 3 is 2.50 bits per heavy atom. The molecule has 1 aromatic rings. The van der Waals surface area contributed by atoms with E-state index in [2.05, 4.69) is 60.2 Å². The zero-order valence-corrected chi connectivity index (χ0v) is 16.2. The molecule has 0 fully saturated rings. The number of nitrogens with zero attached hydrogens (tertiary/aromatic N) is 1. The van der Waals surface area contributed by atoms with Crippen LogP contribution in [0.15, 0.2) is 16.6 Å². The van der Waals surface area contributed by atoms with Crippen molar-refractivity contribution in [1.29, 1.82) is 0 Å². The fourth-order valence-corrected chi connectivity index (χ4v) is 3.29. The number of halogens is 1. The normalized spacial score (nSPS) is 11.8. The molecule has 4 nitrogen and oxygen atoms in total. The maximum atomic E-state index is 5.66. The van der Waals surface area contributed by atoms with Crippen LogP contribution < -0.4 is 14.8 Å². The summed E-state index contributed by atoms with van der Waals surface area (Å²) in [4.78, 5) is 2.22. The molecule has 1 aromatic carbocycles. The van der Waals surface area contributed by atoms with E-state index in [1.54, 1.807) is 7.11 Å². The highest BCUT2D eigenvalue weighted by Gasteiger charge is 2.18. The third kappa shape index (κ3) is 6.15. The molecule has 126 valence electrons. The molecule has 0 aliphatic carbocycles. The minimum absolute atomic E-state index is 0.232. The number of nitrogens with one attached hydrogen (secondary N) is 1. The Labute approximate surface area is 143 Å². The lowest BCUT2D eigenvalue weighted by Gasteiger charge is -2.28. The van der Waals surface area contributed by atoms with Gasteiger partial charge in [0.2, 0.25) is 0 Å². The number of ether oxygens (including phenoxy) is 2. The molecule has 0 amide bonds. The monoisotopic (exact) mass is 372 g/mol. The average molecular weight is 373 g/mol. The molecule has 0 aliphatic rings. The topological polar surface area (TPSA) is 33.7 Å². The summed E-state index contributed by atoms with van der Waals surface area (Å²) in [5.41, 5.74) is 1.41. The van der Waals surface area contributed by atoms with Gasteiger partial charge in [0, 0.05) is 19.6 Å². The summed E-state index contributed by atoms with van der Waals surface area (Å²) in [5.74, 6) is 1.53. The second-order valence-corrected chi connectivity index (χ2v) is 7.40. The lowest BCUT2D eigenvalue weighted by atomic mass is 9.93. The predicted octanol–water partition coefficient (Wildman–Crippen LogP) is 3.53. The number of benzene rings is 1. The predicted molar refractivity (Wildman–Crippen MR) is 95.9 cm³/mol. The van der Waals surface area contributed by atoms with Gasteiger partial charge in [-0.2, -0.15) is 0 Å². The van der Waals surface area contributed by atoms with Crippen molar-refractivity contribution in [3.05, 3.63) is 22.2 Å². The van der Waals surface area contributed by atoms with Gasteiger partial charge in [-0.3, -0.25) is 0 Å². The van der Waals surface area contributed by atoms with E-state index >= 15 is 0 Å². The van der Waals surface area contributed by atoms with Gasteiger partial charge in [-0.15, -0.1) is 0 Å². The minimum atomic E-state index is 0.232. The fraction of sp³-hybridized carbons (Fsp3) is 0.647. The van der Waals surface area contributed by atoms with E-state index in [1.165, 1.54) is 5.56 Å². The molecule has 0 aliphatic heterocycles. The third-order valence-electron chi connectivity index (χ3n) is 3.25. The minimum Gasteiger partial charge on any atom is -0.492 e. The van der Waals surface area contributed by atoms with Crippen LogP contribution in [0.2, 0.25) is 0 Å². The van der Waals surface area contributed by atoms with Crippen molar-refractivity contribution in [3.63, 3.8) is 0 Å². The first-order valence-electron chi connectivity index (χ1n) is 7.63. The van der Waals surface area contributed by atoms with Crippen molar-refractivity contribution in [1.82, 2.24) is 10.2 Å². The van der Waals surface area contributed by atoms with Crippen LogP contribution >= 0.6 is 15.9 Å². The van der Waals surface area contributed by atoms with Crippen LogP contribution in [0.25, 0.3) is 0 Å². The Bertz CT molecular complexity index is 476. The maximum absolute atomic E-state index is 5.66. The van der Waals surface area contributed by atoms with Gasteiger partial charge in [0.25, 0.3) is 0 Å². The first kappa shape index (κ1) is 19.3. The lowest BCUT2D eigenvalue weighted by Crippen LogP contribution is -2.37. The van der Waals surface area contributed by atoms with Gasteiger partial charge >= 0.3 is 0 Å². The SMILES string of the molecule is CCOc1cc(CNCC(C)(C)CN(C)C)cc(Br)c1OC. The van der Waals surface area contributed by atoms with E-state index in [0.717, 1.165) is 35.6 Å². The quantitative estimate of drug-likeness (QED) is 0.718. The van der Waals surface area contributed by atoms with E-state index in [4.69, 9.17) is 9.47 Å². The van der Waals surface area contributed by atoms with Crippen LogP contribution in [0, 0.1) is 5.41 Å². The van der Waals surface area contributed by atoms with Crippen LogP contribution in [-0.4, -0.2) is 45.8 Å². The first-order chi connectivity index (χ1) is 10.3. The van der Waals surface area contributed by atoms with Gasteiger partial charge in [-0.25, -0.2) is 0 Å². The van der Waals surface area contributed by atoms with Crippen molar-refractivity contribution in [2.45, 2.75) is 27.3 Å². The largest absolute Gasteiger partial charge is 0.492 e. The Hall–Kier alpha value is -0.780. The molecule has 0 saturated heterocycles. The smallest absolute Gasteiger partial charge is 0.174 e. The molecule has 0 saturated carbocycles. The number of hydrogen-bond donors (Lipinski definition) is 1. The van der Waals surface area contributed by atoms with Crippen LogP contribution in [0.3, 0.4) is 0 Å². The Morgan fingerprint density at radius 2 is 1.95 bits per heavy atom. The summed E-state index contributed by atoms with van der Waals surface area (Å²) in [7, 11) is 5.87. The summed E-state index contributed by atoms with van der Waals surface area (Å²) in [6, 6.07) is 4.12. The standard InChI is InChI=1S/C17H29BrN2O2/c1-7-22-15-9-13(8-14(18)16(15)21-6)10-19-11-17(2,3)12-20(4)5/h8-9,19H,7,10-12H2,1-6H3. The summed E-state index contributed by atoms with van der Waals surface area (Å²) < 4.78 is 12.0. The van der Waals surface area contributed by atoms with Crippen molar-refractivity contribution >= 4 is 15.9 Å². The summed E-state index contributed by atoms with van der Waals surface area (Å²) in [6.45, 7) is 9.96. The molecule has 0 spiro atoms. The van der Waals surface area contributed by atoms with Crippen LogP contribution in [0.4, 0.5) is 0 Å². The lowest BCUT2D eigenvalue weighted by molar-refractivity contribution is 0.232. The molecule has 5 heteroatoms. The van der Waals surface area contributed by atoms with Gasteiger partial charge in [-0.05, 0) is 60.1 Å². The van der Waals surface area contributed by atoms with Crippen molar-refractivity contribution in [2.75, 3.05) is 40.9 Å². The summed E-state index contributed by atoms with van der Waals surface area (Å²) >= 11 is 3.55. The van der Waals surface area contributed by atoms with Gasteiger partial charge in [0.15, 0.2) is 11.5 Å². The molecule has 22 heavy (non-hydrogen) atoms. The van der Waals surface area contributed by atoms with Crippen LogP contribution in [-0.2, 0) is 6.54 Å². The van der Waals surface area contributed by atoms with E-state index in [0.29, 0.717) is 6.61 Å². The Balaban J connectivity index is 2.70. The van der Waals surface area contributed by atoms with E-state index < -0.39 is 0 Å². The number of rotatable bonds is 9. The average Bonchev–Trinajstić information content (AvgIpc) is 2.37. The Kier molecular flexibility index (Phi) is 7.66. The highest BCUT2D eigenvalue weighted by Crippen LogP contribution is 2.36. The van der Waals surface area contributed by atoms with Crippen molar-refractivity contribution < 1.29 is 9.47 Å². The van der Waals surface area contributed by atoms with E-state index in [-0.39, 0.29) is 5.41 Å². The molecule has 0 radical (unpaired) electrons. The summed E-state index contributed by atoms with van der Waals surface area (Å²) in [6.07, 6.45) is 0. The van der Waals surface area contributed by atoms with E-state index in [9.17, 15) is 0 Å². The molecule has 0 bridgehead atoms. The van der Waals surface area contributed by atoms with Gasteiger partial charge in [0.1, 0.15) is 0 Å². The van der Waals surface area contributed by atoms with Crippen LogP contribution in [0.5, 0.6) is 11.5 Å². The second-order valence-electron chi connectivity index (χ2n) is 6.55. The molecular weight excluding hydrogens is 344 g/mol.